The number of alkyl halides is 3. The number of hydrogen-bond acceptors (Lipinski definition) is 4. The minimum Gasteiger partial charge on any atom is -0.460 e. The van der Waals surface area contributed by atoms with Gasteiger partial charge in [-0.15, -0.1) is 0 Å². The van der Waals surface area contributed by atoms with Crippen molar-refractivity contribution < 1.29 is 22.7 Å². The van der Waals surface area contributed by atoms with E-state index in [-0.39, 0.29) is 23.2 Å². The highest BCUT2D eigenvalue weighted by molar-refractivity contribution is 6.36. The zero-order valence-electron chi connectivity index (χ0n) is 16.3. The van der Waals surface area contributed by atoms with Crippen molar-refractivity contribution in [2.24, 2.45) is 10.9 Å². The summed E-state index contributed by atoms with van der Waals surface area (Å²) in [5, 5.41) is 0.0677. The van der Waals surface area contributed by atoms with Crippen LogP contribution < -0.4 is 10.9 Å². The van der Waals surface area contributed by atoms with E-state index in [9.17, 15) is 18.0 Å². The molecule has 0 bridgehead atoms. The quantitative estimate of drug-likeness (QED) is 0.241. The molecule has 0 aliphatic rings. The first-order valence-electron chi connectivity index (χ1n) is 9.33. The van der Waals surface area contributed by atoms with Gasteiger partial charge in [0.05, 0.1) is 22.9 Å². The molecule has 0 unspecified atom stereocenters. The largest absolute Gasteiger partial charge is 0.460 e. The highest BCUT2D eigenvalue weighted by Crippen LogP contribution is 2.33. The van der Waals surface area contributed by atoms with Crippen LogP contribution in [0.5, 0.6) is 0 Å². The number of anilines is 1. The van der Waals surface area contributed by atoms with Gasteiger partial charge in [0.2, 0.25) is 5.84 Å². The van der Waals surface area contributed by atoms with Crippen LogP contribution in [0.1, 0.15) is 52.0 Å². The summed E-state index contributed by atoms with van der Waals surface area (Å²) in [6.45, 7) is 6.37. The van der Waals surface area contributed by atoms with Gasteiger partial charge in [0.15, 0.2) is 0 Å². The van der Waals surface area contributed by atoms with Gasteiger partial charge in [-0.2, -0.15) is 13.2 Å². The summed E-state index contributed by atoms with van der Waals surface area (Å²) in [5.74, 6) is -0.489. The summed E-state index contributed by atoms with van der Waals surface area (Å²) >= 11 is 5.95. The predicted octanol–water partition coefficient (Wildman–Crippen LogP) is 5.45. The highest BCUT2D eigenvalue weighted by atomic mass is 35.5. The molecule has 0 fully saturated rings. The molecule has 5 nitrogen and oxygen atoms in total. The van der Waals surface area contributed by atoms with Crippen molar-refractivity contribution in [1.29, 1.82) is 0 Å². The average molecular weight is 422 g/mol. The van der Waals surface area contributed by atoms with Crippen LogP contribution in [0.2, 0.25) is 5.02 Å². The Balaban J connectivity index is 2.93. The van der Waals surface area contributed by atoms with Crippen LogP contribution in [0.4, 0.5) is 18.9 Å². The third-order valence-electron chi connectivity index (χ3n) is 4.13. The van der Waals surface area contributed by atoms with Gasteiger partial charge in [-0.05, 0) is 37.5 Å². The van der Waals surface area contributed by atoms with E-state index in [1.54, 1.807) is 6.92 Å². The molecule has 0 radical (unpaired) electrons. The van der Waals surface area contributed by atoms with E-state index >= 15 is 0 Å². The fourth-order valence-electron chi connectivity index (χ4n) is 2.42. The van der Waals surface area contributed by atoms with E-state index in [1.165, 1.54) is 0 Å². The van der Waals surface area contributed by atoms with E-state index in [4.69, 9.17) is 16.3 Å². The Morgan fingerprint density at radius 1 is 1.29 bits per heavy atom. The second-order valence-electron chi connectivity index (χ2n) is 6.27. The fraction of sp³-hybridized carbons (Fsp3) is 0.579. The van der Waals surface area contributed by atoms with Gasteiger partial charge >= 0.3 is 12.1 Å². The molecule has 0 saturated heterocycles. The summed E-state index contributed by atoms with van der Waals surface area (Å²) in [6, 6.07) is 2.87. The van der Waals surface area contributed by atoms with Gasteiger partial charge in [0.1, 0.15) is 0 Å². The van der Waals surface area contributed by atoms with Crippen molar-refractivity contribution >= 4 is 29.1 Å². The van der Waals surface area contributed by atoms with Gasteiger partial charge in [-0.1, -0.05) is 44.7 Å². The molecule has 2 N–H and O–H groups in total. The maximum atomic E-state index is 12.9. The lowest BCUT2D eigenvalue weighted by molar-refractivity contribution is -0.137. The molecular weight excluding hydrogens is 395 g/mol. The van der Waals surface area contributed by atoms with Crippen LogP contribution in [-0.2, 0) is 15.7 Å². The molecule has 0 amide bonds. The Kier molecular flexibility index (Phi) is 10.1. The van der Waals surface area contributed by atoms with Crippen molar-refractivity contribution in [3.63, 3.8) is 0 Å². The van der Waals surface area contributed by atoms with Gasteiger partial charge in [-0.25, -0.2) is 4.79 Å². The SMILES string of the molecule is CCCC[C@@H](CC)CN=C(NNc1cc(C(F)(F)F)ccc1Cl)C(=O)OCC. The number of halogens is 4. The number of carbonyl (C=O) groups is 1. The molecule has 0 heterocycles. The summed E-state index contributed by atoms with van der Waals surface area (Å²) in [4.78, 5) is 16.4. The molecule has 158 valence electrons. The van der Waals surface area contributed by atoms with E-state index in [1.807, 2.05) is 6.92 Å². The number of esters is 1. The Bertz CT molecular complexity index is 666. The number of amidine groups is 1. The van der Waals surface area contributed by atoms with Crippen LogP contribution in [-0.4, -0.2) is 25.0 Å². The minimum atomic E-state index is -4.51. The number of ether oxygens (including phenoxy) is 1. The fourth-order valence-corrected chi connectivity index (χ4v) is 2.58. The third-order valence-corrected chi connectivity index (χ3v) is 4.46. The topological polar surface area (TPSA) is 62.7 Å². The number of nitrogens with zero attached hydrogens (tertiary/aromatic N) is 1. The number of unbranched alkanes of at least 4 members (excludes halogenated alkanes) is 1. The zero-order valence-corrected chi connectivity index (χ0v) is 17.1. The standard InChI is InChI=1S/C19H27ClF3N3O2/c1-4-7-8-13(5-2)12-24-17(18(27)28-6-3)26-25-16-11-14(19(21,22)23)9-10-15(16)20/h9-11,13,25H,4-8,12H2,1-3H3,(H,24,26)/t13-/m1/s1. The second kappa shape index (κ2) is 11.8. The van der Waals surface area contributed by atoms with Crippen molar-refractivity contribution in [1.82, 2.24) is 5.43 Å². The average Bonchev–Trinajstić information content (AvgIpc) is 2.64. The van der Waals surface area contributed by atoms with Gasteiger partial charge in [-0.3, -0.25) is 15.8 Å². The van der Waals surface area contributed by atoms with E-state index < -0.39 is 17.7 Å². The summed E-state index contributed by atoms with van der Waals surface area (Å²) < 4.78 is 43.6. The van der Waals surface area contributed by atoms with Crippen LogP contribution in [0.3, 0.4) is 0 Å². The summed E-state index contributed by atoms with van der Waals surface area (Å²) in [6.07, 6.45) is -0.480. The van der Waals surface area contributed by atoms with E-state index in [2.05, 4.69) is 22.8 Å². The van der Waals surface area contributed by atoms with Gasteiger partial charge in [0.25, 0.3) is 0 Å². The van der Waals surface area contributed by atoms with Gasteiger partial charge in [0, 0.05) is 6.54 Å². The molecule has 1 atom stereocenters. The van der Waals surface area contributed by atoms with Crippen molar-refractivity contribution in [3.8, 4) is 0 Å². The molecule has 0 aromatic heterocycles. The van der Waals surface area contributed by atoms with E-state index in [0.717, 1.165) is 43.9 Å². The molecule has 1 rings (SSSR count). The zero-order chi connectivity index (χ0) is 21.2. The molecule has 0 aliphatic heterocycles. The second-order valence-corrected chi connectivity index (χ2v) is 6.68. The summed E-state index contributed by atoms with van der Waals surface area (Å²) in [5.41, 5.74) is 4.20. The summed E-state index contributed by atoms with van der Waals surface area (Å²) in [7, 11) is 0. The number of hydrogen-bond donors (Lipinski definition) is 2. The van der Waals surface area contributed by atoms with Crippen molar-refractivity contribution in [2.45, 2.75) is 52.6 Å². The van der Waals surface area contributed by atoms with Crippen LogP contribution in [0.15, 0.2) is 23.2 Å². The molecule has 1 aromatic rings. The Morgan fingerprint density at radius 2 is 2.00 bits per heavy atom. The lowest BCUT2D eigenvalue weighted by Crippen LogP contribution is -2.37. The Labute approximate surface area is 168 Å². The first-order valence-corrected chi connectivity index (χ1v) is 9.70. The Hall–Kier alpha value is -1.96. The van der Waals surface area contributed by atoms with Crippen LogP contribution >= 0.6 is 11.6 Å². The molecule has 28 heavy (non-hydrogen) atoms. The molecule has 0 saturated carbocycles. The normalized spacial score (nSPS) is 13.2. The maximum absolute atomic E-state index is 12.9. The van der Waals surface area contributed by atoms with E-state index in [0.29, 0.717) is 12.5 Å². The van der Waals surface area contributed by atoms with Crippen LogP contribution in [0, 0.1) is 5.92 Å². The smallest absolute Gasteiger partial charge is 0.416 e. The lowest BCUT2D eigenvalue weighted by Gasteiger charge is -2.16. The molecule has 0 spiro atoms. The third kappa shape index (κ3) is 7.96. The molecule has 0 aliphatic carbocycles. The predicted molar refractivity (Wildman–Crippen MR) is 105 cm³/mol. The molecule has 1 aromatic carbocycles. The number of aliphatic imine (C=N–C) groups is 1. The minimum absolute atomic E-state index is 0.0217. The number of nitrogens with one attached hydrogen (secondary N) is 2. The number of hydrazine groups is 1. The number of carbonyl (C=O) groups excluding carboxylic acids is 1. The van der Waals surface area contributed by atoms with Crippen molar-refractivity contribution in [3.05, 3.63) is 28.8 Å². The molecular formula is C19H27ClF3N3O2. The molecule has 9 heteroatoms. The van der Waals surface area contributed by atoms with Crippen molar-refractivity contribution in [2.75, 3.05) is 18.6 Å². The van der Waals surface area contributed by atoms with Gasteiger partial charge < -0.3 is 4.74 Å². The highest BCUT2D eigenvalue weighted by Gasteiger charge is 2.31. The number of benzene rings is 1. The first-order chi connectivity index (χ1) is 13.2. The number of rotatable bonds is 9. The lowest BCUT2D eigenvalue weighted by atomic mass is 10.00. The first kappa shape index (κ1) is 24.1. The maximum Gasteiger partial charge on any atom is 0.416 e. The Morgan fingerprint density at radius 3 is 2.57 bits per heavy atom. The van der Waals surface area contributed by atoms with Crippen LogP contribution in [0.25, 0.3) is 0 Å². The monoisotopic (exact) mass is 421 g/mol.